The molecule has 0 bridgehead atoms. The van der Waals surface area contributed by atoms with Gasteiger partial charge in [-0.3, -0.25) is 4.90 Å². The van der Waals surface area contributed by atoms with Crippen molar-refractivity contribution in [3.05, 3.63) is 12.7 Å². The van der Waals surface area contributed by atoms with Gasteiger partial charge in [-0.1, -0.05) is 19.9 Å². The van der Waals surface area contributed by atoms with Gasteiger partial charge in [0.15, 0.2) is 0 Å². The fourth-order valence-electron chi connectivity index (χ4n) is 1.52. The Balaban J connectivity index is 2.30. The highest BCUT2D eigenvalue weighted by molar-refractivity contribution is 4.82. The molecule has 0 aromatic rings. The summed E-state index contributed by atoms with van der Waals surface area (Å²) in [6.07, 6.45) is 4.67. The predicted octanol–water partition coefficient (Wildman–Crippen LogP) is 2.29. The van der Waals surface area contributed by atoms with Crippen molar-refractivity contribution in [2.75, 3.05) is 19.6 Å². The summed E-state index contributed by atoms with van der Waals surface area (Å²) in [4.78, 5) is 2.47. The Morgan fingerprint density at radius 2 is 1.91 bits per heavy atom. The fourth-order valence-corrected chi connectivity index (χ4v) is 1.52. The average Bonchev–Trinajstić information content (AvgIpc) is 1.94. The number of nitrogens with zero attached hydrogens (tertiary/aromatic N) is 1. The lowest BCUT2D eigenvalue weighted by Crippen LogP contribution is -2.37. The molecule has 11 heavy (non-hydrogen) atoms. The normalized spacial score (nSPS) is 24.9. The lowest BCUT2D eigenvalue weighted by Gasteiger charge is -2.36. The van der Waals surface area contributed by atoms with Gasteiger partial charge in [0.2, 0.25) is 0 Å². The van der Waals surface area contributed by atoms with Crippen molar-refractivity contribution in [2.45, 2.75) is 26.7 Å². The van der Waals surface area contributed by atoms with Crippen LogP contribution in [0.25, 0.3) is 0 Å². The standard InChI is InChI=1S/C10H19N/c1-4-7-11-8-5-10(2,3)6-9-11/h4H,1,5-9H2,2-3H3. The van der Waals surface area contributed by atoms with Gasteiger partial charge in [0.25, 0.3) is 0 Å². The van der Waals surface area contributed by atoms with Crippen LogP contribution in [-0.2, 0) is 0 Å². The zero-order chi connectivity index (χ0) is 8.32. The molecular formula is C10H19N. The first kappa shape index (κ1) is 8.79. The molecule has 0 radical (unpaired) electrons. The van der Waals surface area contributed by atoms with E-state index >= 15 is 0 Å². The second kappa shape index (κ2) is 3.40. The summed E-state index contributed by atoms with van der Waals surface area (Å²) < 4.78 is 0. The molecule has 1 nitrogen and oxygen atoms in total. The molecule has 0 atom stereocenters. The van der Waals surface area contributed by atoms with Gasteiger partial charge < -0.3 is 0 Å². The third-order valence-corrected chi connectivity index (χ3v) is 2.60. The Bertz CT molecular complexity index is 128. The van der Waals surface area contributed by atoms with E-state index in [0.29, 0.717) is 5.41 Å². The fraction of sp³-hybridized carbons (Fsp3) is 0.800. The summed E-state index contributed by atoms with van der Waals surface area (Å²) >= 11 is 0. The topological polar surface area (TPSA) is 3.24 Å². The first-order chi connectivity index (χ1) is 5.14. The van der Waals surface area contributed by atoms with Gasteiger partial charge in [0.05, 0.1) is 0 Å². The lowest BCUT2D eigenvalue weighted by atomic mass is 9.83. The van der Waals surface area contributed by atoms with Crippen LogP contribution in [0.2, 0.25) is 0 Å². The van der Waals surface area contributed by atoms with Gasteiger partial charge in [-0.15, -0.1) is 6.58 Å². The van der Waals surface area contributed by atoms with E-state index < -0.39 is 0 Å². The monoisotopic (exact) mass is 153 g/mol. The van der Waals surface area contributed by atoms with Crippen LogP contribution in [0.1, 0.15) is 26.7 Å². The molecule has 64 valence electrons. The summed E-state index contributed by atoms with van der Waals surface area (Å²) in [5.41, 5.74) is 0.581. The van der Waals surface area contributed by atoms with E-state index in [1.165, 1.54) is 25.9 Å². The van der Waals surface area contributed by atoms with Gasteiger partial charge in [0.1, 0.15) is 0 Å². The Labute approximate surface area is 70.1 Å². The molecule has 1 heteroatoms. The van der Waals surface area contributed by atoms with Crippen molar-refractivity contribution >= 4 is 0 Å². The zero-order valence-corrected chi connectivity index (χ0v) is 7.77. The van der Waals surface area contributed by atoms with Crippen LogP contribution in [0.3, 0.4) is 0 Å². The number of hydrogen-bond acceptors (Lipinski definition) is 1. The third-order valence-electron chi connectivity index (χ3n) is 2.60. The van der Waals surface area contributed by atoms with Gasteiger partial charge in [-0.2, -0.15) is 0 Å². The van der Waals surface area contributed by atoms with Crippen LogP contribution in [-0.4, -0.2) is 24.5 Å². The summed E-state index contributed by atoms with van der Waals surface area (Å²) in [6, 6.07) is 0. The molecule has 0 aromatic heterocycles. The van der Waals surface area contributed by atoms with Crippen molar-refractivity contribution in [2.24, 2.45) is 5.41 Å². The van der Waals surface area contributed by atoms with Crippen LogP contribution in [0.5, 0.6) is 0 Å². The van der Waals surface area contributed by atoms with E-state index in [-0.39, 0.29) is 0 Å². The van der Waals surface area contributed by atoms with Crippen LogP contribution >= 0.6 is 0 Å². The Kier molecular flexibility index (Phi) is 2.72. The second-order valence-electron chi connectivity index (χ2n) is 4.25. The smallest absolute Gasteiger partial charge is 0.0160 e. The van der Waals surface area contributed by atoms with Crippen molar-refractivity contribution < 1.29 is 0 Å². The van der Waals surface area contributed by atoms with Crippen LogP contribution in [0.15, 0.2) is 12.7 Å². The highest BCUT2D eigenvalue weighted by atomic mass is 15.1. The molecule has 0 aromatic carbocycles. The minimum Gasteiger partial charge on any atom is -0.300 e. The molecule has 0 saturated carbocycles. The minimum atomic E-state index is 0.581. The maximum atomic E-state index is 3.75. The second-order valence-corrected chi connectivity index (χ2v) is 4.25. The van der Waals surface area contributed by atoms with Gasteiger partial charge in [-0.05, 0) is 31.3 Å². The minimum absolute atomic E-state index is 0.581. The maximum absolute atomic E-state index is 3.75. The number of piperidine rings is 1. The summed E-state index contributed by atoms with van der Waals surface area (Å²) in [7, 11) is 0. The van der Waals surface area contributed by atoms with Crippen molar-refractivity contribution in [3.63, 3.8) is 0 Å². The third kappa shape index (κ3) is 2.66. The molecule has 1 fully saturated rings. The summed E-state index contributed by atoms with van der Waals surface area (Å²) in [5, 5.41) is 0. The van der Waals surface area contributed by atoms with Crippen molar-refractivity contribution in [1.29, 1.82) is 0 Å². The quantitative estimate of drug-likeness (QED) is 0.550. The maximum Gasteiger partial charge on any atom is 0.0160 e. The molecule has 0 spiro atoms. The molecule has 0 aliphatic carbocycles. The lowest BCUT2D eigenvalue weighted by molar-refractivity contribution is 0.144. The largest absolute Gasteiger partial charge is 0.300 e. The highest BCUT2D eigenvalue weighted by Gasteiger charge is 2.24. The van der Waals surface area contributed by atoms with Gasteiger partial charge in [0, 0.05) is 6.54 Å². The first-order valence-corrected chi connectivity index (χ1v) is 4.47. The number of rotatable bonds is 2. The molecule has 1 aliphatic heterocycles. The van der Waals surface area contributed by atoms with Gasteiger partial charge in [-0.25, -0.2) is 0 Å². The Morgan fingerprint density at radius 3 is 2.36 bits per heavy atom. The van der Waals surface area contributed by atoms with E-state index in [0.717, 1.165) is 6.54 Å². The molecular weight excluding hydrogens is 134 g/mol. The SMILES string of the molecule is C=CCN1CCC(C)(C)CC1. The number of likely N-dealkylation sites (tertiary alicyclic amines) is 1. The van der Waals surface area contributed by atoms with E-state index in [1.54, 1.807) is 0 Å². The van der Waals surface area contributed by atoms with E-state index in [1.807, 2.05) is 6.08 Å². The summed E-state index contributed by atoms with van der Waals surface area (Å²) in [6.45, 7) is 12.0. The van der Waals surface area contributed by atoms with Crippen LogP contribution < -0.4 is 0 Å². The predicted molar refractivity (Wildman–Crippen MR) is 49.7 cm³/mol. The average molecular weight is 153 g/mol. The molecule has 1 saturated heterocycles. The van der Waals surface area contributed by atoms with Crippen LogP contribution in [0, 0.1) is 5.41 Å². The first-order valence-electron chi connectivity index (χ1n) is 4.47. The molecule has 1 heterocycles. The van der Waals surface area contributed by atoms with E-state index in [9.17, 15) is 0 Å². The molecule has 1 aliphatic rings. The van der Waals surface area contributed by atoms with E-state index in [4.69, 9.17) is 0 Å². The molecule has 0 unspecified atom stereocenters. The summed E-state index contributed by atoms with van der Waals surface area (Å²) in [5.74, 6) is 0. The number of hydrogen-bond donors (Lipinski definition) is 0. The Morgan fingerprint density at radius 1 is 1.36 bits per heavy atom. The zero-order valence-electron chi connectivity index (χ0n) is 7.77. The van der Waals surface area contributed by atoms with Crippen LogP contribution in [0.4, 0.5) is 0 Å². The molecule has 1 rings (SSSR count). The molecule has 0 amide bonds. The van der Waals surface area contributed by atoms with Crippen molar-refractivity contribution in [3.8, 4) is 0 Å². The van der Waals surface area contributed by atoms with Crippen molar-refractivity contribution in [1.82, 2.24) is 4.90 Å². The Hall–Kier alpha value is -0.300. The molecule has 0 N–H and O–H groups in total. The van der Waals surface area contributed by atoms with E-state index in [2.05, 4.69) is 25.3 Å². The highest BCUT2D eigenvalue weighted by Crippen LogP contribution is 2.29. The van der Waals surface area contributed by atoms with Gasteiger partial charge >= 0.3 is 0 Å².